The standard InChI is InChI=1S/C21H26FNO5/c1-25-17-7-3-15(4-8-17)12-27-14-20(24)21(19(22)11-23)28-13-16-5-9-18(26-2)10-6-16/h3-11,19-21,23-24H,12-14H2,1-2H3/t19-,20-,21+/m1/s1. The van der Waals surface area contributed by atoms with E-state index in [0.29, 0.717) is 12.0 Å². The van der Waals surface area contributed by atoms with Crippen molar-refractivity contribution in [3.63, 3.8) is 0 Å². The van der Waals surface area contributed by atoms with Crippen LogP contribution in [-0.4, -0.2) is 50.5 Å². The fourth-order valence-corrected chi connectivity index (χ4v) is 2.54. The zero-order chi connectivity index (χ0) is 20.4. The molecular weight excluding hydrogens is 365 g/mol. The molecule has 2 N–H and O–H groups in total. The molecule has 0 unspecified atom stereocenters. The summed E-state index contributed by atoms with van der Waals surface area (Å²) in [5.41, 5.74) is 1.70. The Hall–Kier alpha value is -2.48. The summed E-state index contributed by atoms with van der Waals surface area (Å²) in [6, 6.07) is 14.4. The van der Waals surface area contributed by atoms with Gasteiger partial charge < -0.3 is 29.5 Å². The molecule has 2 aromatic carbocycles. The van der Waals surface area contributed by atoms with Gasteiger partial charge in [-0.05, 0) is 35.4 Å². The quantitative estimate of drug-likeness (QED) is 0.543. The van der Waals surface area contributed by atoms with Gasteiger partial charge in [0.1, 0.15) is 23.7 Å². The van der Waals surface area contributed by atoms with Crippen molar-refractivity contribution in [1.29, 1.82) is 5.41 Å². The highest BCUT2D eigenvalue weighted by Crippen LogP contribution is 2.16. The molecule has 0 aliphatic rings. The number of rotatable bonds is 12. The Bertz CT molecular complexity index is 708. The van der Waals surface area contributed by atoms with E-state index in [4.69, 9.17) is 24.4 Å². The van der Waals surface area contributed by atoms with Crippen LogP contribution in [0.2, 0.25) is 0 Å². The molecule has 6 nitrogen and oxygen atoms in total. The maximum absolute atomic E-state index is 14.1. The molecule has 0 saturated heterocycles. The molecular formula is C21H26FNO5. The molecule has 0 bridgehead atoms. The van der Waals surface area contributed by atoms with Crippen molar-refractivity contribution in [1.82, 2.24) is 0 Å². The lowest BCUT2D eigenvalue weighted by Crippen LogP contribution is -2.41. The van der Waals surface area contributed by atoms with E-state index in [9.17, 15) is 9.50 Å². The summed E-state index contributed by atoms with van der Waals surface area (Å²) < 4.78 is 35.3. The second-order valence-electron chi connectivity index (χ2n) is 6.17. The first-order valence-electron chi connectivity index (χ1n) is 8.85. The van der Waals surface area contributed by atoms with Gasteiger partial charge in [0.25, 0.3) is 0 Å². The SMILES string of the molecule is COc1ccc(COC[C@@H](O)[C@@H](OCc2ccc(OC)cc2)[C@H](F)C=N)cc1. The molecule has 28 heavy (non-hydrogen) atoms. The number of aliphatic hydroxyl groups is 1. The van der Waals surface area contributed by atoms with Crippen molar-refractivity contribution < 1.29 is 28.4 Å². The van der Waals surface area contributed by atoms with Crippen LogP contribution < -0.4 is 9.47 Å². The number of hydrogen-bond donors (Lipinski definition) is 2. The molecule has 2 aromatic rings. The highest BCUT2D eigenvalue weighted by atomic mass is 19.1. The lowest BCUT2D eigenvalue weighted by Gasteiger charge is -2.24. The van der Waals surface area contributed by atoms with Crippen molar-refractivity contribution in [2.75, 3.05) is 20.8 Å². The highest BCUT2D eigenvalue weighted by molar-refractivity contribution is 5.60. The zero-order valence-electron chi connectivity index (χ0n) is 16.0. The number of benzene rings is 2. The second-order valence-corrected chi connectivity index (χ2v) is 6.17. The van der Waals surface area contributed by atoms with Crippen LogP contribution in [0.15, 0.2) is 48.5 Å². The topological polar surface area (TPSA) is 81.0 Å². The third-order valence-electron chi connectivity index (χ3n) is 4.17. The van der Waals surface area contributed by atoms with Gasteiger partial charge in [-0.1, -0.05) is 24.3 Å². The maximum atomic E-state index is 14.1. The second kappa shape index (κ2) is 11.4. The molecule has 3 atom stereocenters. The van der Waals surface area contributed by atoms with Crippen LogP contribution in [0.3, 0.4) is 0 Å². The number of nitrogens with one attached hydrogen (secondary N) is 1. The van der Waals surface area contributed by atoms with Gasteiger partial charge >= 0.3 is 0 Å². The minimum Gasteiger partial charge on any atom is -0.497 e. The third kappa shape index (κ3) is 6.60. The van der Waals surface area contributed by atoms with Gasteiger partial charge in [-0.3, -0.25) is 0 Å². The van der Waals surface area contributed by atoms with E-state index < -0.39 is 18.4 Å². The summed E-state index contributed by atoms with van der Waals surface area (Å²) in [7, 11) is 3.16. The van der Waals surface area contributed by atoms with E-state index in [1.54, 1.807) is 38.5 Å². The number of aliphatic hydroxyl groups excluding tert-OH is 1. The first kappa shape index (κ1) is 21.8. The van der Waals surface area contributed by atoms with Gasteiger partial charge in [0.2, 0.25) is 0 Å². The first-order chi connectivity index (χ1) is 13.6. The summed E-state index contributed by atoms with van der Waals surface area (Å²) in [6.07, 6.45) is -3.54. The lowest BCUT2D eigenvalue weighted by atomic mass is 10.1. The predicted octanol–water partition coefficient (Wildman–Crippen LogP) is 3.15. The van der Waals surface area contributed by atoms with Crippen LogP contribution in [-0.2, 0) is 22.7 Å². The Labute approximate surface area is 164 Å². The number of alkyl halides is 1. The van der Waals surface area contributed by atoms with Crippen molar-refractivity contribution in [3.8, 4) is 11.5 Å². The molecule has 0 amide bonds. The Morgan fingerprint density at radius 2 is 1.43 bits per heavy atom. The van der Waals surface area contributed by atoms with Gasteiger partial charge in [-0.2, -0.15) is 0 Å². The number of halogens is 1. The Morgan fingerprint density at radius 3 is 1.89 bits per heavy atom. The molecule has 0 aliphatic carbocycles. The molecule has 0 fully saturated rings. The molecule has 7 heteroatoms. The Morgan fingerprint density at radius 1 is 0.929 bits per heavy atom. The van der Waals surface area contributed by atoms with E-state index in [1.165, 1.54) is 0 Å². The molecule has 0 saturated carbocycles. The van der Waals surface area contributed by atoms with Crippen LogP contribution in [0, 0.1) is 5.41 Å². The van der Waals surface area contributed by atoms with Crippen molar-refractivity contribution in [3.05, 3.63) is 59.7 Å². The van der Waals surface area contributed by atoms with Gasteiger partial charge in [0.15, 0.2) is 6.17 Å². The first-order valence-corrected chi connectivity index (χ1v) is 8.85. The van der Waals surface area contributed by atoms with Crippen LogP contribution in [0.25, 0.3) is 0 Å². The summed E-state index contributed by atoms with van der Waals surface area (Å²) in [4.78, 5) is 0. The van der Waals surface area contributed by atoms with Crippen LogP contribution >= 0.6 is 0 Å². The zero-order valence-corrected chi connectivity index (χ0v) is 16.0. The molecule has 0 radical (unpaired) electrons. The van der Waals surface area contributed by atoms with E-state index >= 15 is 0 Å². The van der Waals surface area contributed by atoms with E-state index in [1.807, 2.05) is 24.3 Å². The highest BCUT2D eigenvalue weighted by Gasteiger charge is 2.28. The number of ether oxygens (including phenoxy) is 4. The molecule has 0 aliphatic heterocycles. The predicted molar refractivity (Wildman–Crippen MR) is 104 cm³/mol. The van der Waals surface area contributed by atoms with Crippen molar-refractivity contribution in [2.45, 2.75) is 31.6 Å². The Balaban J connectivity index is 1.86. The van der Waals surface area contributed by atoms with E-state index in [0.717, 1.165) is 16.9 Å². The van der Waals surface area contributed by atoms with E-state index in [2.05, 4.69) is 0 Å². The van der Waals surface area contributed by atoms with Gasteiger partial charge in [0, 0.05) is 6.21 Å². The minimum atomic E-state index is -1.74. The number of methoxy groups -OCH3 is 2. The van der Waals surface area contributed by atoms with Gasteiger partial charge in [0.05, 0.1) is 34.0 Å². The summed E-state index contributed by atoms with van der Waals surface area (Å²) in [5.74, 6) is 1.44. The molecule has 0 aromatic heterocycles. The summed E-state index contributed by atoms with van der Waals surface area (Å²) in [5, 5.41) is 17.5. The van der Waals surface area contributed by atoms with Crippen LogP contribution in [0.5, 0.6) is 11.5 Å². The minimum absolute atomic E-state index is 0.0957. The number of hydrogen-bond acceptors (Lipinski definition) is 6. The van der Waals surface area contributed by atoms with Gasteiger partial charge in [-0.15, -0.1) is 0 Å². The molecule has 0 spiro atoms. The average molecular weight is 391 g/mol. The lowest BCUT2D eigenvalue weighted by molar-refractivity contribution is -0.0972. The summed E-state index contributed by atoms with van der Waals surface area (Å²) >= 11 is 0. The smallest absolute Gasteiger partial charge is 0.163 e. The molecule has 0 heterocycles. The van der Waals surface area contributed by atoms with Gasteiger partial charge in [-0.25, -0.2) is 4.39 Å². The van der Waals surface area contributed by atoms with Crippen molar-refractivity contribution in [2.24, 2.45) is 0 Å². The van der Waals surface area contributed by atoms with Crippen LogP contribution in [0.4, 0.5) is 4.39 Å². The van der Waals surface area contributed by atoms with Crippen molar-refractivity contribution >= 4 is 6.21 Å². The molecule has 152 valence electrons. The average Bonchev–Trinajstić information content (AvgIpc) is 2.74. The fourth-order valence-electron chi connectivity index (χ4n) is 2.54. The third-order valence-corrected chi connectivity index (χ3v) is 4.17. The normalized spacial score (nSPS) is 14.1. The molecule has 2 rings (SSSR count). The maximum Gasteiger partial charge on any atom is 0.163 e. The Kier molecular flexibility index (Phi) is 8.87. The summed E-state index contributed by atoms with van der Waals surface area (Å²) in [6.45, 7) is 0.236. The van der Waals surface area contributed by atoms with E-state index in [-0.39, 0.29) is 19.8 Å². The monoisotopic (exact) mass is 391 g/mol. The fraction of sp³-hybridized carbons (Fsp3) is 0.381. The largest absolute Gasteiger partial charge is 0.497 e. The van der Waals surface area contributed by atoms with Crippen LogP contribution in [0.1, 0.15) is 11.1 Å².